The molecule has 0 N–H and O–H groups in total. The van der Waals surface area contributed by atoms with E-state index in [1.54, 1.807) is 0 Å². The van der Waals surface area contributed by atoms with E-state index in [-0.39, 0.29) is 5.79 Å². The van der Waals surface area contributed by atoms with Crippen molar-refractivity contribution >= 4 is 31.9 Å². The fourth-order valence-electron chi connectivity index (χ4n) is 2.63. The average molecular weight is 342 g/mol. The molecule has 2 rings (SSSR count). The Bertz CT molecular complexity index is 191. The van der Waals surface area contributed by atoms with Crippen LogP contribution in [0.25, 0.3) is 0 Å². The molecular weight excluding hydrogens is 324 g/mol. The SMILES string of the molecule is BrCC(CBr)C1CCC2(CC1)OCCO2. The second kappa shape index (κ2) is 5.48. The van der Waals surface area contributed by atoms with Crippen LogP contribution in [0.2, 0.25) is 0 Å². The smallest absolute Gasteiger partial charge is 0.168 e. The van der Waals surface area contributed by atoms with E-state index in [1.807, 2.05) is 0 Å². The monoisotopic (exact) mass is 340 g/mol. The molecule has 0 radical (unpaired) electrons. The van der Waals surface area contributed by atoms with Crippen molar-refractivity contribution in [3.8, 4) is 0 Å². The first-order valence-electron chi connectivity index (χ1n) is 5.69. The van der Waals surface area contributed by atoms with Gasteiger partial charge >= 0.3 is 0 Å². The lowest BCUT2D eigenvalue weighted by Crippen LogP contribution is -2.37. The minimum Gasteiger partial charge on any atom is -0.348 e. The highest BCUT2D eigenvalue weighted by molar-refractivity contribution is 9.09. The van der Waals surface area contributed by atoms with Crippen molar-refractivity contribution < 1.29 is 9.47 Å². The van der Waals surface area contributed by atoms with Gasteiger partial charge in [-0.05, 0) is 24.7 Å². The minimum absolute atomic E-state index is 0.195. The molecule has 0 bridgehead atoms. The van der Waals surface area contributed by atoms with Crippen LogP contribution in [0.5, 0.6) is 0 Å². The molecule has 1 saturated heterocycles. The number of hydrogen-bond acceptors (Lipinski definition) is 2. The van der Waals surface area contributed by atoms with Gasteiger partial charge in [0.2, 0.25) is 0 Å². The molecule has 0 aromatic carbocycles. The molecule has 2 nitrogen and oxygen atoms in total. The van der Waals surface area contributed by atoms with Gasteiger partial charge in [0.1, 0.15) is 0 Å². The third kappa shape index (κ3) is 2.76. The Morgan fingerprint density at radius 3 is 2.07 bits per heavy atom. The summed E-state index contributed by atoms with van der Waals surface area (Å²) >= 11 is 7.19. The maximum absolute atomic E-state index is 5.73. The molecule has 1 aliphatic carbocycles. The van der Waals surface area contributed by atoms with Crippen LogP contribution in [-0.2, 0) is 9.47 Å². The first kappa shape index (κ1) is 12.3. The highest BCUT2D eigenvalue weighted by Gasteiger charge is 2.41. The van der Waals surface area contributed by atoms with Gasteiger partial charge in [0, 0.05) is 23.5 Å². The summed E-state index contributed by atoms with van der Waals surface area (Å²) in [5.41, 5.74) is 0. The van der Waals surface area contributed by atoms with Crippen molar-refractivity contribution in [1.29, 1.82) is 0 Å². The van der Waals surface area contributed by atoms with E-state index in [0.29, 0.717) is 0 Å². The van der Waals surface area contributed by atoms with Gasteiger partial charge in [0.15, 0.2) is 5.79 Å². The van der Waals surface area contributed by atoms with Crippen LogP contribution < -0.4 is 0 Å². The van der Waals surface area contributed by atoms with Crippen molar-refractivity contribution in [3.63, 3.8) is 0 Å². The molecule has 0 amide bonds. The van der Waals surface area contributed by atoms with E-state index in [9.17, 15) is 0 Å². The van der Waals surface area contributed by atoms with Gasteiger partial charge in [-0.2, -0.15) is 0 Å². The van der Waals surface area contributed by atoms with Gasteiger partial charge in [-0.25, -0.2) is 0 Å². The minimum atomic E-state index is -0.195. The summed E-state index contributed by atoms with van der Waals surface area (Å²) in [6, 6.07) is 0. The molecule has 2 aliphatic rings. The van der Waals surface area contributed by atoms with Gasteiger partial charge in [-0.3, -0.25) is 0 Å². The summed E-state index contributed by atoms with van der Waals surface area (Å²) in [7, 11) is 0. The molecule has 1 saturated carbocycles. The van der Waals surface area contributed by atoms with Gasteiger partial charge in [0.25, 0.3) is 0 Å². The van der Waals surface area contributed by atoms with Gasteiger partial charge < -0.3 is 9.47 Å². The molecule has 0 aromatic heterocycles. The van der Waals surface area contributed by atoms with Crippen molar-refractivity contribution in [1.82, 2.24) is 0 Å². The predicted molar refractivity (Wildman–Crippen MR) is 67.7 cm³/mol. The number of ether oxygens (including phenoxy) is 2. The fraction of sp³-hybridized carbons (Fsp3) is 1.00. The first-order chi connectivity index (χ1) is 7.29. The van der Waals surface area contributed by atoms with Crippen LogP contribution in [0.3, 0.4) is 0 Å². The van der Waals surface area contributed by atoms with Crippen LogP contribution >= 0.6 is 31.9 Å². The van der Waals surface area contributed by atoms with Gasteiger partial charge in [-0.1, -0.05) is 31.9 Å². The maximum Gasteiger partial charge on any atom is 0.168 e. The zero-order valence-electron chi connectivity index (χ0n) is 8.88. The summed E-state index contributed by atoms with van der Waals surface area (Å²) in [6.07, 6.45) is 4.63. The third-order valence-electron chi connectivity index (χ3n) is 3.67. The van der Waals surface area contributed by atoms with Gasteiger partial charge in [-0.15, -0.1) is 0 Å². The average Bonchev–Trinajstić information content (AvgIpc) is 2.72. The van der Waals surface area contributed by atoms with E-state index in [2.05, 4.69) is 31.9 Å². The van der Waals surface area contributed by atoms with E-state index >= 15 is 0 Å². The normalized spacial score (nSPS) is 26.6. The van der Waals surface area contributed by atoms with E-state index in [1.165, 1.54) is 12.8 Å². The third-order valence-corrected chi connectivity index (χ3v) is 5.33. The van der Waals surface area contributed by atoms with E-state index < -0.39 is 0 Å². The molecule has 1 spiro atoms. The molecule has 2 fully saturated rings. The van der Waals surface area contributed by atoms with Crippen molar-refractivity contribution in [3.05, 3.63) is 0 Å². The largest absolute Gasteiger partial charge is 0.348 e. The molecule has 4 heteroatoms. The first-order valence-corrected chi connectivity index (χ1v) is 7.94. The van der Waals surface area contributed by atoms with Gasteiger partial charge in [0.05, 0.1) is 13.2 Å². The Morgan fingerprint density at radius 1 is 1.07 bits per heavy atom. The molecule has 15 heavy (non-hydrogen) atoms. The Balaban J connectivity index is 1.85. The fourth-order valence-corrected chi connectivity index (χ4v) is 4.76. The summed E-state index contributed by atoms with van der Waals surface area (Å²) in [4.78, 5) is 0. The van der Waals surface area contributed by atoms with Crippen LogP contribution in [0, 0.1) is 11.8 Å². The van der Waals surface area contributed by atoms with Crippen molar-refractivity contribution in [2.75, 3.05) is 23.9 Å². The van der Waals surface area contributed by atoms with Crippen molar-refractivity contribution in [2.24, 2.45) is 11.8 Å². The molecule has 0 atom stereocenters. The maximum atomic E-state index is 5.73. The standard InChI is InChI=1S/C11H18Br2O2/c12-7-10(8-13)9-1-3-11(4-2-9)14-5-6-15-11/h9-10H,1-8H2. The quantitative estimate of drug-likeness (QED) is 0.733. The number of halogens is 2. The molecule has 0 aromatic rings. The van der Waals surface area contributed by atoms with Crippen LogP contribution in [-0.4, -0.2) is 29.7 Å². The summed E-state index contributed by atoms with van der Waals surface area (Å²) in [6.45, 7) is 1.57. The van der Waals surface area contributed by atoms with Crippen LogP contribution in [0.4, 0.5) is 0 Å². The van der Waals surface area contributed by atoms with E-state index in [4.69, 9.17) is 9.47 Å². The van der Waals surface area contributed by atoms with E-state index in [0.717, 1.165) is 48.6 Å². The lowest BCUT2D eigenvalue weighted by atomic mass is 9.79. The summed E-state index contributed by atoms with van der Waals surface area (Å²) in [5, 5.41) is 2.19. The zero-order valence-corrected chi connectivity index (χ0v) is 12.1. The Hall–Kier alpha value is 0.880. The summed E-state index contributed by atoms with van der Waals surface area (Å²) in [5.74, 6) is 1.38. The Morgan fingerprint density at radius 2 is 1.60 bits per heavy atom. The Labute approximate surface area is 108 Å². The molecule has 88 valence electrons. The van der Waals surface area contributed by atoms with Crippen molar-refractivity contribution in [2.45, 2.75) is 31.5 Å². The topological polar surface area (TPSA) is 18.5 Å². The molecule has 0 unspecified atom stereocenters. The lowest BCUT2D eigenvalue weighted by molar-refractivity contribution is -0.184. The summed E-state index contributed by atoms with van der Waals surface area (Å²) < 4.78 is 11.5. The van der Waals surface area contributed by atoms with Crippen LogP contribution in [0.1, 0.15) is 25.7 Å². The molecule has 1 aliphatic heterocycles. The zero-order chi connectivity index (χ0) is 10.7. The lowest BCUT2D eigenvalue weighted by Gasteiger charge is -2.37. The number of alkyl halides is 2. The number of hydrogen-bond donors (Lipinski definition) is 0. The second-order valence-corrected chi connectivity index (χ2v) is 5.81. The predicted octanol–water partition coefficient (Wildman–Crippen LogP) is 3.33. The Kier molecular flexibility index (Phi) is 4.50. The molecule has 1 heterocycles. The molecular formula is C11H18Br2O2. The second-order valence-electron chi connectivity index (χ2n) is 4.51. The highest BCUT2D eigenvalue weighted by Crippen LogP contribution is 2.41. The van der Waals surface area contributed by atoms with Crippen LogP contribution in [0.15, 0.2) is 0 Å². The highest BCUT2D eigenvalue weighted by atomic mass is 79.9. The number of rotatable bonds is 3.